The zero-order valence-corrected chi connectivity index (χ0v) is 13.6. The van der Waals surface area contributed by atoms with Crippen LogP contribution in [0.5, 0.6) is 5.75 Å². The molecule has 0 fully saturated rings. The van der Waals surface area contributed by atoms with Crippen LogP contribution in [0.4, 0.5) is 0 Å². The van der Waals surface area contributed by atoms with E-state index in [0.29, 0.717) is 5.92 Å². The molecular weight excluding hydrogens is 262 g/mol. The van der Waals surface area contributed by atoms with E-state index in [4.69, 9.17) is 9.84 Å². The molecule has 0 saturated heterocycles. The Hall–Kier alpha value is -1.50. The number of hydrogen-bond acceptors (Lipinski definition) is 3. The first-order chi connectivity index (χ1) is 10.1. The van der Waals surface area contributed by atoms with Gasteiger partial charge in [0, 0.05) is 13.1 Å². The molecule has 1 rings (SSSR count). The number of benzene rings is 1. The molecule has 3 heteroatoms. The van der Waals surface area contributed by atoms with Gasteiger partial charge < -0.3 is 9.84 Å². The predicted molar refractivity (Wildman–Crippen MR) is 87.4 cm³/mol. The molecule has 116 valence electrons. The highest BCUT2D eigenvalue weighted by molar-refractivity contribution is 5.48. The van der Waals surface area contributed by atoms with Gasteiger partial charge in [-0.15, -0.1) is 0 Å². The quantitative estimate of drug-likeness (QED) is 0.783. The minimum Gasteiger partial charge on any atom is -0.495 e. The maximum atomic E-state index is 8.85. The number of aliphatic hydroxyl groups excluding tert-OH is 1. The highest BCUT2D eigenvalue weighted by Gasteiger charge is 2.09. The smallest absolute Gasteiger partial charge is 0.134 e. The highest BCUT2D eigenvalue weighted by atomic mass is 16.5. The van der Waals surface area contributed by atoms with Gasteiger partial charge in [0.15, 0.2) is 0 Å². The minimum absolute atomic E-state index is 0.136. The van der Waals surface area contributed by atoms with Gasteiger partial charge in [-0.3, -0.25) is 4.90 Å². The molecule has 0 aromatic heterocycles. The van der Waals surface area contributed by atoms with Gasteiger partial charge in [0.1, 0.15) is 12.4 Å². The van der Waals surface area contributed by atoms with Crippen LogP contribution in [-0.2, 0) is 6.54 Å². The van der Waals surface area contributed by atoms with Crippen molar-refractivity contribution in [3.63, 3.8) is 0 Å². The first kappa shape index (κ1) is 17.6. The molecule has 0 bridgehead atoms. The topological polar surface area (TPSA) is 32.7 Å². The van der Waals surface area contributed by atoms with Crippen molar-refractivity contribution < 1.29 is 9.84 Å². The molecule has 1 unspecified atom stereocenters. The van der Waals surface area contributed by atoms with E-state index >= 15 is 0 Å². The number of rotatable bonds is 7. The second kappa shape index (κ2) is 9.44. The molecule has 21 heavy (non-hydrogen) atoms. The Morgan fingerprint density at radius 2 is 2.10 bits per heavy atom. The summed E-state index contributed by atoms with van der Waals surface area (Å²) in [5, 5.41) is 8.85. The number of nitrogens with zero attached hydrogens (tertiary/aromatic N) is 1. The van der Waals surface area contributed by atoms with Crippen LogP contribution in [0, 0.1) is 17.8 Å². The molecule has 3 nitrogen and oxygen atoms in total. The molecule has 0 amide bonds. The lowest BCUT2D eigenvalue weighted by atomic mass is 10.1. The van der Waals surface area contributed by atoms with Crippen molar-refractivity contribution in [3.05, 3.63) is 29.3 Å². The van der Waals surface area contributed by atoms with Crippen molar-refractivity contribution >= 4 is 0 Å². The molecule has 0 aliphatic heterocycles. The van der Waals surface area contributed by atoms with E-state index < -0.39 is 0 Å². The van der Waals surface area contributed by atoms with Crippen LogP contribution < -0.4 is 4.74 Å². The van der Waals surface area contributed by atoms with Crippen molar-refractivity contribution in [1.29, 1.82) is 0 Å². The summed E-state index contributed by atoms with van der Waals surface area (Å²) in [5.41, 5.74) is 2.06. The third-order valence-electron chi connectivity index (χ3n) is 3.69. The number of methoxy groups -OCH3 is 1. The first-order valence-electron chi connectivity index (χ1n) is 7.63. The molecular formula is C18H27NO2. The molecule has 0 saturated carbocycles. The molecule has 1 aromatic carbocycles. The Morgan fingerprint density at radius 1 is 1.33 bits per heavy atom. The van der Waals surface area contributed by atoms with Crippen molar-refractivity contribution in [2.24, 2.45) is 5.92 Å². The second-order valence-corrected chi connectivity index (χ2v) is 5.34. The third kappa shape index (κ3) is 5.79. The number of hydrogen-bond donors (Lipinski definition) is 1. The molecule has 0 spiro atoms. The van der Waals surface area contributed by atoms with E-state index in [1.165, 1.54) is 12.0 Å². The molecule has 0 aliphatic rings. The van der Waals surface area contributed by atoms with Crippen LogP contribution in [0.15, 0.2) is 18.2 Å². The first-order valence-corrected chi connectivity index (χ1v) is 7.63. The highest BCUT2D eigenvalue weighted by Crippen LogP contribution is 2.20. The summed E-state index contributed by atoms with van der Waals surface area (Å²) in [6.07, 6.45) is 1.20. The van der Waals surface area contributed by atoms with Crippen LogP contribution >= 0.6 is 0 Å². The molecule has 1 N–H and O–H groups in total. The van der Waals surface area contributed by atoms with Crippen molar-refractivity contribution in [3.8, 4) is 17.6 Å². The summed E-state index contributed by atoms with van der Waals surface area (Å²) in [7, 11) is 1.64. The number of ether oxygens (including phenoxy) is 1. The van der Waals surface area contributed by atoms with Crippen molar-refractivity contribution in [2.45, 2.75) is 33.7 Å². The van der Waals surface area contributed by atoms with Gasteiger partial charge in [-0.2, -0.15) is 0 Å². The summed E-state index contributed by atoms with van der Waals surface area (Å²) in [6.45, 7) is 9.63. The molecule has 0 radical (unpaired) electrons. The van der Waals surface area contributed by atoms with E-state index in [0.717, 1.165) is 30.9 Å². The van der Waals surface area contributed by atoms with Gasteiger partial charge in [0.2, 0.25) is 0 Å². The average molecular weight is 289 g/mol. The van der Waals surface area contributed by atoms with Crippen LogP contribution in [-0.4, -0.2) is 36.8 Å². The van der Waals surface area contributed by atoms with Crippen molar-refractivity contribution in [1.82, 2.24) is 4.90 Å². The van der Waals surface area contributed by atoms with Crippen molar-refractivity contribution in [2.75, 3.05) is 26.8 Å². The van der Waals surface area contributed by atoms with E-state index in [-0.39, 0.29) is 6.61 Å². The summed E-state index contributed by atoms with van der Waals surface area (Å²) in [6, 6.07) is 6.09. The predicted octanol–water partition coefficient (Wildman–Crippen LogP) is 2.91. The van der Waals surface area contributed by atoms with Gasteiger partial charge in [-0.1, -0.05) is 45.1 Å². The summed E-state index contributed by atoms with van der Waals surface area (Å²) in [4.78, 5) is 2.44. The Labute approximate surface area is 128 Å². The van der Waals surface area contributed by atoms with Gasteiger partial charge in [-0.25, -0.2) is 0 Å². The molecule has 0 heterocycles. The summed E-state index contributed by atoms with van der Waals surface area (Å²) in [5.74, 6) is 7.10. The zero-order chi connectivity index (χ0) is 15.7. The lowest BCUT2D eigenvalue weighted by Gasteiger charge is -2.24. The van der Waals surface area contributed by atoms with Gasteiger partial charge in [-0.05, 0) is 30.2 Å². The van der Waals surface area contributed by atoms with Crippen LogP contribution in [0.1, 0.15) is 38.3 Å². The zero-order valence-electron chi connectivity index (χ0n) is 13.6. The second-order valence-electron chi connectivity index (χ2n) is 5.34. The summed E-state index contributed by atoms with van der Waals surface area (Å²) >= 11 is 0. The van der Waals surface area contributed by atoms with Crippen LogP contribution in [0.25, 0.3) is 0 Å². The monoisotopic (exact) mass is 289 g/mol. The number of aliphatic hydroxyl groups is 1. The van der Waals surface area contributed by atoms with Gasteiger partial charge in [0.25, 0.3) is 0 Å². The van der Waals surface area contributed by atoms with Gasteiger partial charge in [0.05, 0.1) is 12.7 Å². The van der Waals surface area contributed by atoms with E-state index in [1.807, 2.05) is 6.07 Å². The third-order valence-corrected chi connectivity index (χ3v) is 3.69. The van der Waals surface area contributed by atoms with E-state index in [1.54, 1.807) is 7.11 Å². The SMILES string of the molecule is CCC(C)CN(CC)Cc1ccc(OC)c(C#CCO)c1. The lowest BCUT2D eigenvalue weighted by Crippen LogP contribution is -2.27. The maximum absolute atomic E-state index is 8.85. The molecule has 0 aliphatic carbocycles. The fraction of sp³-hybridized carbons (Fsp3) is 0.556. The maximum Gasteiger partial charge on any atom is 0.134 e. The Bertz CT molecular complexity index is 488. The average Bonchev–Trinajstić information content (AvgIpc) is 2.52. The lowest BCUT2D eigenvalue weighted by molar-refractivity contribution is 0.238. The molecule has 1 atom stereocenters. The normalized spacial score (nSPS) is 11.9. The van der Waals surface area contributed by atoms with Crippen LogP contribution in [0.2, 0.25) is 0 Å². The standard InChI is InChI=1S/C18H27NO2/c1-5-15(3)13-19(6-2)14-16-9-10-18(21-4)17(12-16)8-7-11-20/h9-10,12,15,20H,5-6,11,13-14H2,1-4H3. The summed E-state index contributed by atoms with van der Waals surface area (Å²) < 4.78 is 5.31. The van der Waals surface area contributed by atoms with Crippen LogP contribution in [0.3, 0.4) is 0 Å². The fourth-order valence-electron chi connectivity index (χ4n) is 2.22. The minimum atomic E-state index is -0.136. The Balaban J connectivity index is 2.87. The van der Waals surface area contributed by atoms with E-state index in [9.17, 15) is 0 Å². The fourth-order valence-corrected chi connectivity index (χ4v) is 2.22. The Kier molecular flexibility index (Phi) is 7.89. The Morgan fingerprint density at radius 3 is 2.67 bits per heavy atom. The molecule has 1 aromatic rings. The largest absolute Gasteiger partial charge is 0.495 e. The van der Waals surface area contributed by atoms with E-state index in [2.05, 4.69) is 49.6 Å². The van der Waals surface area contributed by atoms with Gasteiger partial charge >= 0.3 is 0 Å².